The molecule has 1 atom stereocenters. The highest BCUT2D eigenvalue weighted by Gasteiger charge is 2.16. The maximum atomic E-state index is 11.8. The average Bonchev–Trinajstić information content (AvgIpc) is 2.38. The number of hydrogen-bond acceptors (Lipinski definition) is 3. The minimum atomic E-state index is -0.504. The summed E-state index contributed by atoms with van der Waals surface area (Å²) in [6.07, 6.45) is 0. The number of anilines is 1. The molecule has 0 fully saturated rings. The molecule has 0 saturated heterocycles. The van der Waals surface area contributed by atoms with Gasteiger partial charge in [-0.3, -0.25) is 10.1 Å². The Labute approximate surface area is 113 Å². The van der Waals surface area contributed by atoms with Crippen LogP contribution in [0, 0.1) is 0 Å². The molecule has 0 aromatic heterocycles. The predicted molar refractivity (Wildman–Crippen MR) is 76.2 cm³/mol. The number of carbonyl (C=O) groups is 2. The topological polar surface area (TPSA) is 70.2 Å². The number of nitrogens with one attached hydrogen (secondary N) is 3. The summed E-state index contributed by atoms with van der Waals surface area (Å²) in [4.78, 5) is 22.8. The van der Waals surface area contributed by atoms with Gasteiger partial charge in [-0.15, -0.1) is 0 Å². The van der Waals surface area contributed by atoms with Crippen molar-refractivity contribution in [3.8, 4) is 0 Å². The minimum Gasteiger partial charge on any atom is -0.374 e. The fourth-order valence-corrected chi connectivity index (χ4v) is 1.71. The Bertz CT molecular complexity index is 458. The van der Waals surface area contributed by atoms with E-state index in [1.54, 1.807) is 6.92 Å². The molecule has 0 spiro atoms. The van der Waals surface area contributed by atoms with E-state index >= 15 is 0 Å². The Hall–Kier alpha value is -2.04. The highest BCUT2D eigenvalue weighted by molar-refractivity contribution is 5.97. The third kappa shape index (κ3) is 4.28. The first kappa shape index (κ1) is 15.0. The summed E-state index contributed by atoms with van der Waals surface area (Å²) in [7, 11) is 1.47. The summed E-state index contributed by atoms with van der Waals surface area (Å²) in [5.74, 6) is -0.00388. The molecule has 0 heterocycles. The van der Waals surface area contributed by atoms with Crippen LogP contribution in [0.15, 0.2) is 24.3 Å². The molecule has 0 bridgehead atoms. The van der Waals surface area contributed by atoms with Gasteiger partial charge in [-0.05, 0) is 24.5 Å². The summed E-state index contributed by atoms with van der Waals surface area (Å²) in [5.41, 5.74) is 2.05. The summed E-state index contributed by atoms with van der Waals surface area (Å²) >= 11 is 0. The summed E-state index contributed by atoms with van der Waals surface area (Å²) in [6.45, 7) is 5.90. The molecule has 5 heteroatoms. The molecule has 0 radical (unpaired) electrons. The zero-order chi connectivity index (χ0) is 14.4. The molecule has 5 nitrogen and oxygen atoms in total. The smallest absolute Gasteiger partial charge is 0.321 e. The Morgan fingerprint density at radius 3 is 2.32 bits per heavy atom. The number of carbonyl (C=O) groups excluding carboxylic acids is 2. The quantitative estimate of drug-likeness (QED) is 0.778. The minimum absolute atomic E-state index is 0.359. The predicted octanol–water partition coefficient (Wildman–Crippen LogP) is 2.07. The van der Waals surface area contributed by atoms with Gasteiger partial charge in [0.05, 0.1) is 0 Å². The molecule has 0 aliphatic heterocycles. The number of hydrogen-bond donors (Lipinski definition) is 3. The van der Waals surface area contributed by atoms with Crippen molar-refractivity contribution in [1.29, 1.82) is 0 Å². The van der Waals surface area contributed by atoms with E-state index in [0.29, 0.717) is 5.92 Å². The van der Waals surface area contributed by atoms with Crippen molar-refractivity contribution in [1.82, 2.24) is 10.6 Å². The molecule has 0 aliphatic carbocycles. The lowest BCUT2D eigenvalue weighted by Gasteiger charge is -2.19. The Morgan fingerprint density at radius 1 is 1.11 bits per heavy atom. The molecule has 1 unspecified atom stereocenters. The second-order valence-electron chi connectivity index (χ2n) is 4.68. The van der Waals surface area contributed by atoms with Crippen molar-refractivity contribution in [2.45, 2.75) is 32.7 Å². The van der Waals surface area contributed by atoms with Gasteiger partial charge in [-0.25, -0.2) is 4.79 Å². The normalized spacial score (nSPS) is 11.8. The number of para-hydroxylation sites is 1. The molecule has 0 saturated carbocycles. The second-order valence-corrected chi connectivity index (χ2v) is 4.68. The van der Waals surface area contributed by atoms with Crippen LogP contribution >= 0.6 is 0 Å². The summed E-state index contributed by atoms with van der Waals surface area (Å²) in [6, 6.07) is 6.84. The summed E-state index contributed by atoms with van der Waals surface area (Å²) < 4.78 is 0. The lowest BCUT2D eigenvalue weighted by molar-refractivity contribution is -0.120. The third-order valence-electron chi connectivity index (χ3n) is 2.81. The van der Waals surface area contributed by atoms with E-state index < -0.39 is 12.1 Å². The molecule has 1 rings (SSSR count). The van der Waals surface area contributed by atoms with Crippen LogP contribution in [-0.4, -0.2) is 25.0 Å². The first-order valence-corrected chi connectivity index (χ1v) is 6.33. The van der Waals surface area contributed by atoms with Gasteiger partial charge < -0.3 is 10.6 Å². The van der Waals surface area contributed by atoms with E-state index in [4.69, 9.17) is 0 Å². The van der Waals surface area contributed by atoms with E-state index in [9.17, 15) is 9.59 Å². The van der Waals surface area contributed by atoms with E-state index in [1.165, 1.54) is 7.05 Å². The Balaban J connectivity index is 2.74. The summed E-state index contributed by atoms with van der Waals surface area (Å²) in [5, 5.41) is 7.72. The van der Waals surface area contributed by atoms with Crippen LogP contribution in [0.4, 0.5) is 10.5 Å². The van der Waals surface area contributed by atoms with Gasteiger partial charge in [-0.2, -0.15) is 0 Å². The molecular weight excluding hydrogens is 242 g/mol. The number of imide groups is 1. The highest BCUT2D eigenvalue weighted by atomic mass is 16.2. The lowest BCUT2D eigenvalue weighted by Crippen LogP contribution is -2.44. The van der Waals surface area contributed by atoms with Crippen molar-refractivity contribution in [3.05, 3.63) is 29.8 Å². The zero-order valence-corrected chi connectivity index (χ0v) is 11.8. The van der Waals surface area contributed by atoms with Crippen molar-refractivity contribution in [2.24, 2.45) is 0 Å². The number of rotatable bonds is 4. The molecule has 19 heavy (non-hydrogen) atoms. The molecule has 3 amide bonds. The molecular formula is C14H21N3O2. The average molecular weight is 263 g/mol. The van der Waals surface area contributed by atoms with Gasteiger partial charge >= 0.3 is 6.03 Å². The van der Waals surface area contributed by atoms with Crippen LogP contribution < -0.4 is 16.0 Å². The molecule has 3 N–H and O–H groups in total. The maximum Gasteiger partial charge on any atom is 0.321 e. The number of amides is 3. The lowest BCUT2D eigenvalue weighted by atomic mass is 10.0. The highest BCUT2D eigenvalue weighted by Crippen LogP contribution is 2.24. The van der Waals surface area contributed by atoms with Crippen molar-refractivity contribution in [3.63, 3.8) is 0 Å². The maximum absolute atomic E-state index is 11.8. The van der Waals surface area contributed by atoms with Crippen LogP contribution in [0.3, 0.4) is 0 Å². The zero-order valence-electron chi connectivity index (χ0n) is 11.8. The van der Waals surface area contributed by atoms with Gasteiger partial charge in [0.15, 0.2) is 0 Å². The largest absolute Gasteiger partial charge is 0.374 e. The van der Waals surface area contributed by atoms with Gasteiger partial charge in [0.2, 0.25) is 5.91 Å². The first-order chi connectivity index (χ1) is 8.95. The van der Waals surface area contributed by atoms with Crippen LogP contribution in [0.25, 0.3) is 0 Å². The van der Waals surface area contributed by atoms with Crippen molar-refractivity contribution >= 4 is 17.6 Å². The molecule has 0 aliphatic rings. The first-order valence-electron chi connectivity index (χ1n) is 6.33. The van der Waals surface area contributed by atoms with Crippen LogP contribution in [0.2, 0.25) is 0 Å². The van der Waals surface area contributed by atoms with E-state index in [-0.39, 0.29) is 5.91 Å². The number of benzene rings is 1. The second kappa shape index (κ2) is 6.78. The van der Waals surface area contributed by atoms with Crippen LogP contribution in [-0.2, 0) is 4.79 Å². The monoisotopic (exact) mass is 263 g/mol. The fourth-order valence-electron chi connectivity index (χ4n) is 1.71. The standard InChI is InChI=1S/C14H21N3O2/c1-9(2)11-7-5-6-8-12(11)16-10(3)13(18)17-14(19)15-4/h5-10,16H,1-4H3,(H2,15,17,18,19). The van der Waals surface area contributed by atoms with Gasteiger partial charge in [0.25, 0.3) is 0 Å². The van der Waals surface area contributed by atoms with Gasteiger partial charge in [0.1, 0.15) is 6.04 Å². The number of urea groups is 1. The molecule has 1 aromatic rings. The van der Waals surface area contributed by atoms with Crippen LogP contribution in [0.1, 0.15) is 32.3 Å². The van der Waals surface area contributed by atoms with Crippen LogP contribution in [0.5, 0.6) is 0 Å². The van der Waals surface area contributed by atoms with E-state index in [2.05, 4.69) is 29.8 Å². The molecule has 1 aromatic carbocycles. The van der Waals surface area contributed by atoms with Crippen molar-refractivity contribution in [2.75, 3.05) is 12.4 Å². The third-order valence-corrected chi connectivity index (χ3v) is 2.81. The molecule has 104 valence electrons. The van der Waals surface area contributed by atoms with E-state index in [1.807, 2.05) is 24.3 Å². The van der Waals surface area contributed by atoms with Gasteiger partial charge in [0, 0.05) is 12.7 Å². The Morgan fingerprint density at radius 2 is 1.74 bits per heavy atom. The fraction of sp³-hybridized carbons (Fsp3) is 0.429. The van der Waals surface area contributed by atoms with Gasteiger partial charge in [-0.1, -0.05) is 32.0 Å². The Kier molecular flexibility index (Phi) is 5.36. The SMILES string of the molecule is CNC(=O)NC(=O)C(C)Nc1ccccc1C(C)C. The van der Waals surface area contributed by atoms with E-state index in [0.717, 1.165) is 11.3 Å². The van der Waals surface area contributed by atoms with Crippen molar-refractivity contribution < 1.29 is 9.59 Å².